The van der Waals surface area contributed by atoms with E-state index in [1.807, 2.05) is 44.2 Å². The van der Waals surface area contributed by atoms with E-state index in [-0.39, 0.29) is 0 Å². The predicted octanol–water partition coefficient (Wildman–Crippen LogP) is 4.85. The number of para-hydroxylation sites is 1. The number of hydrogen-bond acceptors (Lipinski definition) is 5. The lowest BCUT2D eigenvalue weighted by Crippen LogP contribution is -2.29. The average Bonchev–Trinajstić information content (AvgIpc) is 2.78. The summed E-state index contributed by atoms with van der Waals surface area (Å²) in [6, 6.07) is 21.0. The smallest absolute Gasteiger partial charge is 0.314 e. The van der Waals surface area contributed by atoms with Crippen molar-refractivity contribution < 1.29 is 23.8 Å². The summed E-state index contributed by atoms with van der Waals surface area (Å²) in [4.78, 5) is 24.5. The Morgan fingerprint density at radius 1 is 0.677 bits per heavy atom. The second-order valence-electron chi connectivity index (χ2n) is 6.38. The Morgan fingerprint density at radius 2 is 1.23 bits per heavy atom. The van der Waals surface area contributed by atoms with Gasteiger partial charge in [-0.05, 0) is 62.4 Å². The van der Waals surface area contributed by atoms with Crippen LogP contribution in [-0.4, -0.2) is 25.0 Å². The van der Waals surface area contributed by atoms with E-state index in [1.54, 1.807) is 42.5 Å². The number of carbonyl (C=O) groups excluding carboxylic acids is 2. The van der Waals surface area contributed by atoms with Crippen LogP contribution in [0.3, 0.4) is 0 Å². The van der Waals surface area contributed by atoms with Crippen molar-refractivity contribution in [2.75, 3.05) is 23.8 Å². The highest BCUT2D eigenvalue weighted by molar-refractivity contribution is 6.43. The molecule has 2 N–H and O–H groups in total. The highest BCUT2D eigenvalue weighted by Gasteiger charge is 2.15. The average molecular weight is 420 g/mol. The minimum atomic E-state index is -0.795. The van der Waals surface area contributed by atoms with E-state index in [4.69, 9.17) is 14.2 Å². The molecule has 0 aromatic heterocycles. The molecule has 3 aromatic rings. The van der Waals surface area contributed by atoms with Crippen LogP contribution in [0, 0.1) is 0 Å². The van der Waals surface area contributed by atoms with Crippen molar-refractivity contribution in [3.8, 4) is 23.0 Å². The van der Waals surface area contributed by atoms with E-state index in [9.17, 15) is 9.59 Å². The minimum absolute atomic E-state index is 0.429. The molecule has 160 valence electrons. The summed E-state index contributed by atoms with van der Waals surface area (Å²) in [5, 5.41) is 5.12. The molecule has 3 aromatic carbocycles. The molecule has 0 unspecified atom stereocenters. The molecule has 3 rings (SSSR count). The van der Waals surface area contributed by atoms with Crippen LogP contribution >= 0.6 is 0 Å². The van der Waals surface area contributed by atoms with Gasteiger partial charge >= 0.3 is 11.8 Å². The van der Waals surface area contributed by atoms with E-state index in [2.05, 4.69) is 10.6 Å². The maximum absolute atomic E-state index is 12.3. The van der Waals surface area contributed by atoms with Gasteiger partial charge in [0.1, 0.15) is 11.5 Å². The second kappa shape index (κ2) is 10.7. The number of ether oxygens (including phenoxy) is 3. The first-order valence-corrected chi connectivity index (χ1v) is 9.94. The number of carbonyl (C=O) groups is 2. The topological polar surface area (TPSA) is 85.9 Å². The lowest BCUT2D eigenvalue weighted by molar-refractivity contribution is -0.132. The fourth-order valence-corrected chi connectivity index (χ4v) is 2.74. The lowest BCUT2D eigenvalue weighted by atomic mass is 10.2. The first-order valence-electron chi connectivity index (χ1n) is 9.94. The van der Waals surface area contributed by atoms with Crippen LogP contribution in [0.2, 0.25) is 0 Å². The zero-order chi connectivity index (χ0) is 22.1. The van der Waals surface area contributed by atoms with Crippen LogP contribution in [0.25, 0.3) is 0 Å². The number of hydrogen-bond donors (Lipinski definition) is 2. The zero-order valence-electron chi connectivity index (χ0n) is 17.4. The Hall–Kier alpha value is -4.00. The summed E-state index contributed by atoms with van der Waals surface area (Å²) in [6.45, 7) is 4.66. The number of benzene rings is 3. The summed E-state index contributed by atoms with van der Waals surface area (Å²) in [7, 11) is 0. The molecule has 7 nitrogen and oxygen atoms in total. The quantitative estimate of drug-likeness (QED) is 0.509. The van der Waals surface area contributed by atoms with Crippen LogP contribution in [0.1, 0.15) is 13.8 Å². The fourth-order valence-electron chi connectivity index (χ4n) is 2.74. The molecule has 7 heteroatoms. The van der Waals surface area contributed by atoms with Gasteiger partial charge in [0.15, 0.2) is 11.5 Å². The molecule has 0 fully saturated rings. The van der Waals surface area contributed by atoms with E-state index in [0.717, 1.165) is 0 Å². The molecule has 0 radical (unpaired) electrons. The fraction of sp³-hybridized carbons (Fsp3) is 0.167. The van der Waals surface area contributed by atoms with Gasteiger partial charge in [0, 0.05) is 17.4 Å². The van der Waals surface area contributed by atoms with E-state index >= 15 is 0 Å². The van der Waals surface area contributed by atoms with E-state index in [0.29, 0.717) is 47.6 Å². The third kappa shape index (κ3) is 6.24. The van der Waals surface area contributed by atoms with Gasteiger partial charge in [-0.2, -0.15) is 0 Å². The molecule has 0 spiro atoms. The van der Waals surface area contributed by atoms with E-state index < -0.39 is 11.8 Å². The van der Waals surface area contributed by atoms with Crippen molar-refractivity contribution in [1.82, 2.24) is 0 Å². The molecule has 2 amide bonds. The van der Waals surface area contributed by atoms with Crippen molar-refractivity contribution in [3.05, 3.63) is 72.8 Å². The van der Waals surface area contributed by atoms with Gasteiger partial charge < -0.3 is 24.8 Å². The van der Waals surface area contributed by atoms with Crippen LogP contribution in [-0.2, 0) is 9.59 Å². The molecule has 0 saturated carbocycles. The maximum atomic E-state index is 12.3. The third-order valence-electron chi connectivity index (χ3n) is 4.10. The number of nitrogens with one attached hydrogen (secondary N) is 2. The summed E-state index contributed by atoms with van der Waals surface area (Å²) < 4.78 is 16.7. The molecule has 0 bridgehead atoms. The van der Waals surface area contributed by atoms with Crippen molar-refractivity contribution in [2.45, 2.75) is 13.8 Å². The molecule has 0 atom stereocenters. The molecule has 0 aliphatic heterocycles. The molecule has 31 heavy (non-hydrogen) atoms. The molecule has 0 heterocycles. The van der Waals surface area contributed by atoms with E-state index in [1.165, 1.54) is 0 Å². The molecule has 0 saturated heterocycles. The summed E-state index contributed by atoms with van der Waals surface area (Å²) in [5.41, 5.74) is 0.904. The Bertz CT molecular complexity index is 1020. The summed E-state index contributed by atoms with van der Waals surface area (Å²) in [6.07, 6.45) is 0. The largest absolute Gasteiger partial charge is 0.490 e. The van der Waals surface area contributed by atoms with Crippen molar-refractivity contribution >= 4 is 23.2 Å². The van der Waals surface area contributed by atoms with Gasteiger partial charge in [-0.3, -0.25) is 9.59 Å². The first-order chi connectivity index (χ1) is 15.1. The maximum Gasteiger partial charge on any atom is 0.314 e. The van der Waals surface area contributed by atoms with Crippen molar-refractivity contribution in [3.63, 3.8) is 0 Å². The SMILES string of the molecule is CCOc1ccc(NC(=O)C(=O)Nc2ccc(Oc3ccccc3)cc2)cc1OCC. The first kappa shape index (κ1) is 21.7. The van der Waals surface area contributed by atoms with Crippen LogP contribution in [0.5, 0.6) is 23.0 Å². The highest BCUT2D eigenvalue weighted by Crippen LogP contribution is 2.30. The highest BCUT2D eigenvalue weighted by atomic mass is 16.5. The van der Waals surface area contributed by atoms with Gasteiger partial charge in [-0.1, -0.05) is 18.2 Å². The van der Waals surface area contributed by atoms with Gasteiger partial charge in [0.25, 0.3) is 0 Å². The molecular weight excluding hydrogens is 396 g/mol. The summed E-state index contributed by atoms with van der Waals surface area (Å²) >= 11 is 0. The van der Waals surface area contributed by atoms with Crippen LogP contribution < -0.4 is 24.8 Å². The van der Waals surface area contributed by atoms with Crippen LogP contribution in [0.15, 0.2) is 72.8 Å². The van der Waals surface area contributed by atoms with Crippen LogP contribution in [0.4, 0.5) is 11.4 Å². The number of anilines is 2. The Kier molecular flexibility index (Phi) is 7.48. The summed E-state index contributed by atoms with van der Waals surface area (Å²) in [5.74, 6) is 0.813. The lowest BCUT2D eigenvalue weighted by Gasteiger charge is -2.13. The van der Waals surface area contributed by atoms with Gasteiger partial charge in [-0.15, -0.1) is 0 Å². The monoisotopic (exact) mass is 420 g/mol. The van der Waals surface area contributed by atoms with Gasteiger partial charge in [0.2, 0.25) is 0 Å². The van der Waals surface area contributed by atoms with Gasteiger partial charge in [-0.25, -0.2) is 0 Å². The predicted molar refractivity (Wildman–Crippen MR) is 119 cm³/mol. The van der Waals surface area contributed by atoms with Crippen molar-refractivity contribution in [1.29, 1.82) is 0 Å². The van der Waals surface area contributed by atoms with Crippen molar-refractivity contribution in [2.24, 2.45) is 0 Å². The molecule has 0 aliphatic rings. The van der Waals surface area contributed by atoms with Gasteiger partial charge in [0.05, 0.1) is 13.2 Å². The molecule has 0 aliphatic carbocycles. The Balaban J connectivity index is 1.59. The Labute approximate surface area is 180 Å². The molecular formula is C24H24N2O5. The third-order valence-corrected chi connectivity index (χ3v) is 4.10. The standard InChI is InChI=1S/C24H24N2O5/c1-3-29-21-15-12-18(16-22(21)30-4-2)26-24(28)23(27)25-17-10-13-20(14-11-17)31-19-8-6-5-7-9-19/h5-16H,3-4H2,1-2H3,(H,25,27)(H,26,28). The Morgan fingerprint density at radius 3 is 1.87 bits per heavy atom. The zero-order valence-corrected chi connectivity index (χ0v) is 17.4. The number of amides is 2. The number of rotatable bonds is 8. The minimum Gasteiger partial charge on any atom is -0.490 e. The second-order valence-corrected chi connectivity index (χ2v) is 6.38. The normalized spacial score (nSPS) is 10.1.